The molecule has 3 aliphatic heterocycles. The van der Waals surface area contributed by atoms with Gasteiger partial charge in [0.15, 0.2) is 6.04 Å². The van der Waals surface area contributed by atoms with Crippen molar-refractivity contribution >= 4 is 29.5 Å². The van der Waals surface area contributed by atoms with Gasteiger partial charge in [0.25, 0.3) is 5.91 Å². The molecule has 0 radical (unpaired) electrons. The van der Waals surface area contributed by atoms with E-state index in [1.165, 1.54) is 0 Å². The molecule has 3 saturated heterocycles. The van der Waals surface area contributed by atoms with Crippen LogP contribution in [0.1, 0.15) is 24.8 Å². The lowest BCUT2D eigenvalue weighted by Gasteiger charge is -2.31. The lowest BCUT2D eigenvalue weighted by Crippen LogP contribution is -3.00. The number of nitrogens with zero attached hydrogens (tertiary/aromatic N) is 1. The van der Waals surface area contributed by atoms with Crippen LogP contribution in [0.3, 0.4) is 0 Å². The maximum atomic E-state index is 13.5. The number of rotatable bonds is 5. The van der Waals surface area contributed by atoms with Gasteiger partial charge < -0.3 is 33.7 Å². The van der Waals surface area contributed by atoms with Crippen LogP contribution in [0.4, 0.5) is 0 Å². The van der Waals surface area contributed by atoms with Crippen molar-refractivity contribution in [2.24, 2.45) is 5.73 Å². The highest BCUT2D eigenvalue weighted by atomic mass is 35.5. The molecule has 152 valence electrons. The third-order valence-corrected chi connectivity index (χ3v) is 7.09. The number of fused-ring (bicyclic) bond motifs is 1. The Bertz CT molecular complexity index is 759. The van der Waals surface area contributed by atoms with Gasteiger partial charge in [0.2, 0.25) is 11.8 Å². The second-order valence-electron chi connectivity index (χ2n) is 7.63. The first kappa shape index (κ1) is 21.0. The molecule has 4 atom stereocenters. The molecule has 0 unspecified atom stereocenters. The summed E-state index contributed by atoms with van der Waals surface area (Å²) in [4.78, 5) is 39.7. The standard InChI is InChI=1S/C19H24N4O3S.ClH/c20-16(24)14-11-27-15-10-19(18(26)23(14)15,9-12-5-2-1-3-6-12)22-17(25)13-7-4-8-21-13;/h1-3,5-6,13-15,21H,4,7-11H2,(H2,20,24)(H,22,25);1H/t13-,14+,15+,19+;/m0./s1. The van der Waals surface area contributed by atoms with Crippen molar-refractivity contribution in [3.8, 4) is 0 Å². The molecule has 1 aromatic carbocycles. The van der Waals surface area contributed by atoms with Crippen LogP contribution < -0.4 is 28.8 Å². The molecule has 3 fully saturated rings. The quantitative estimate of drug-likeness (QED) is 0.447. The number of amides is 3. The summed E-state index contributed by atoms with van der Waals surface area (Å²) in [6, 6.07) is 8.97. The van der Waals surface area contributed by atoms with Crippen LogP contribution in [0, 0.1) is 0 Å². The molecule has 4 rings (SSSR count). The first-order chi connectivity index (χ1) is 13.0. The molecule has 9 heteroatoms. The number of primary amides is 1. The van der Waals surface area contributed by atoms with E-state index in [1.54, 1.807) is 16.7 Å². The maximum absolute atomic E-state index is 13.5. The molecule has 0 aliphatic carbocycles. The van der Waals surface area contributed by atoms with Gasteiger partial charge in [-0.3, -0.25) is 14.4 Å². The van der Waals surface area contributed by atoms with Gasteiger partial charge in [-0.25, -0.2) is 0 Å². The smallest absolute Gasteiger partial charge is 0.279 e. The number of nitrogens with two attached hydrogens (primary N) is 2. The van der Waals surface area contributed by atoms with E-state index in [1.807, 2.05) is 35.6 Å². The molecule has 3 aliphatic rings. The number of hydrogen-bond donors (Lipinski definition) is 3. The third-order valence-electron chi connectivity index (χ3n) is 5.81. The second kappa shape index (κ2) is 8.31. The highest BCUT2D eigenvalue weighted by Gasteiger charge is 2.58. The molecule has 5 N–H and O–H groups in total. The van der Waals surface area contributed by atoms with E-state index in [0.717, 1.165) is 24.9 Å². The first-order valence-electron chi connectivity index (χ1n) is 9.43. The normalized spacial score (nSPS) is 31.4. The number of carbonyl (C=O) groups is 3. The number of nitrogens with one attached hydrogen (secondary N) is 1. The minimum Gasteiger partial charge on any atom is -1.00 e. The number of thioether (sulfide) groups is 1. The zero-order valence-corrected chi connectivity index (χ0v) is 17.0. The van der Waals surface area contributed by atoms with Crippen LogP contribution in [0.5, 0.6) is 0 Å². The summed E-state index contributed by atoms with van der Waals surface area (Å²) in [6.07, 6.45) is 2.75. The molecule has 3 heterocycles. The van der Waals surface area contributed by atoms with Gasteiger partial charge in [-0.2, -0.15) is 0 Å². The first-order valence-corrected chi connectivity index (χ1v) is 10.5. The van der Waals surface area contributed by atoms with Crippen molar-refractivity contribution in [2.75, 3.05) is 12.3 Å². The average Bonchev–Trinajstić information content (AvgIpc) is 3.35. The van der Waals surface area contributed by atoms with Crippen LogP contribution in [0.2, 0.25) is 0 Å². The highest BCUT2D eigenvalue weighted by Crippen LogP contribution is 2.43. The Morgan fingerprint density at radius 2 is 2.07 bits per heavy atom. The summed E-state index contributed by atoms with van der Waals surface area (Å²) in [6.45, 7) is 0.937. The van der Waals surface area contributed by atoms with Gasteiger partial charge in [-0.05, 0) is 5.56 Å². The van der Waals surface area contributed by atoms with Gasteiger partial charge in [0.1, 0.15) is 11.6 Å². The zero-order chi connectivity index (χ0) is 19.0. The summed E-state index contributed by atoms with van der Waals surface area (Å²) in [5.41, 5.74) is 5.50. The van der Waals surface area contributed by atoms with E-state index >= 15 is 0 Å². The summed E-state index contributed by atoms with van der Waals surface area (Å²) in [5.74, 6) is -0.225. The number of benzene rings is 1. The van der Waals surface area contributed by atoms with Crippen LogP contribution in [-0.2, 0) is 20.8 Å². The van der Waals surface area contributed by atoms with Crippen molar-refractivity contribution in [1.82, 2.24) is 10.2 Å². The number of halogens is 1. The summed E-state index contributed by atoms with van der Waals surface area (Å²) >= 11 is 1.57. The van der Waals surface area contributed by atoms with Crippen molar-refractivity contribution < 1.29 is 32.1 Å². The molecule has 7 nitrogen and oxygen atoms in total. The SMILES string of the molecule is NC(=O)[C@H]1CS[C@@H]2C[C@@](Cc3ccccc3)(NC(=O)[C@@H]3CCC[NH2+]3)C(=O)N12.[Cl-]. The van der Waals surface area contributed by atoms with Crippen molar-refractivity contribution in [3.63, 3.8) is 0 Å². The zero-order valence-electron chi connectivity index (χ0n) is 15.5. The lowest BCUT2D eigenvalue weighted by molar-refractivity contribution is -0.657. The second-order valence-corrected chi connectivity index (χ2v) is 8.84. The fourth-order valence-corrected chi connectivity index (χ4v) is 5.96. The summed E-state index contributed by atoms with van der Waals surface area (Å²) in [7, 11) is 0. The van der Waals surface area contributed by atoms with Gasteiger partial charge in [0, 0.05) is 31.4 Å². The lowest BCUT2D eigenvalue weighted by atomic mass is 9.88. The van der Waals surface area contributed by atoms with Gasteiger partial charge in [-0.15, -0.1) is 11.8 Å². The third kappa shape index (κ3) is 3.73. The maximum Gasteiger partial charge on any atom is 0.279 e. The van der Waals surface area contributed by atoms with Gasteiger partial charge in [-0.1, -0.05) is 30.3 Å². The largest absolute Gasteiger partial charge is 1.00 e. The molecule has 0 spiro atoms. The van der Waals surface area contributed by atoms with E-state index in [9.17, 15) is 14.4 Å². The van der Waals surface area contributed by atoms with Crippen molar-refractivity contribution in [3.05, 3.63) is 35.9 Å². The Balaban J connectivity index is 0.00000225. The van der Waals surface area contributed by atoms with Gasteiger partial charge >= 0.3 is 0 Å². The van der Waals surface area contributed by atoms with Crippen molar-refractivity contribution in [2.45, 2.75) is 48.7 Å². The summed E-state index contributed by atoms with van der Waals surface area (Å²) < 4.78 is 0. The molecule has 0 bridgehead atoms. The number of quaternary nitrogens is 1. The molecule has 0 aromatic heterocycles. The van der Waals surface area contributed by atoms with Crippen LogP contribution in [0.15, 0.2) is 30.3 Å². The van der Waals surface area contributed by atoms with E-state index in [0.29, 0.717) is 18.6 Å². The monoisotopic (exact) mass is 424 g/mol. The van der Waals surface area contributed by atoms with Gasteiger partial charge in [0.05, 0.1) is 11.9 Å². The van der Waals surface area contributed by atoms with Crippen LogP contribution in [0.25, 0.3) is 0 Å². The predicted octanol–water partition coefficient (Wildman–Crippen LogP) is -4.03. The number of carbonyl (C=O) groups excluding carboxylic acids is 3. The van der Waals surface area contributed by atoms with E-state index in [2.05, 4.69) is 5.32 Å². The Morgan fingerprint density at radius 1 is 1.32 bits per heavy atom. The Morgan fingerprint density at radius 3 is 2.71 bits per heavy atom. The molecule has 28 heavy (non-hydrogen) atoms. The van der Waals surface area contributed by atoms with Crippen LogP contribution >= 0.6 is 11.8 Å². The highest BCUT2D eigenvalue weighted by molar-refractivity contribution is 8.00. The van der Waals surface area contributed by atoms with E-state index in [4.69, 9.17) is 5.73 Å². The molecule has 3 amide bonds. The average molecular weight is 425 g/mol. The molecular weight excluding hydrogens is 400 g/mol. The molecule has 1 aromatic rings. The van der Waals surface area contributed by atoms with Crippen LogP contribution in [-0.4, -0.2) is 57.9 Å². The van der Waals surface area contributed by atoms with E-state index < -0.39 is 17.5 Å². The topological polar surface area (TPSA) is 109 Å². The minimum atomic E-state index is -1.01. The van der Waals surface area contributed by atoms with Crippen molar-refractivity contribution in [1.29, 1.82) is 0 Å². The van der Waals surface area contributed by atoms with E-state index in [-0.39, 0.29) is 35.6 Å². The molecule has 0 saturated carbocycles. The Labute approximate surface area is 174 Å². The summed E-state index contributed by atoms with van der Waals surface area (Å²) in [5, 5.41) is 5.01. The fraction of sp³-hybridized carbons (Fsp3) is 0.526. The predicted molar refractivity (Wildman–Crippen MR) is 102 cm³/mol. The molecular formula is C19H25ClN4O3S. The Kier molecular flexibility index (Phi) is 6.21. The fourth-order valence-electron chi connectivity index (χ4n) is 4.43. The number of hydrogen-bond acceptors (Lipinski definition) is 4. The minimum absolute atomic E-state index is 0. The Hall–Kier alpha value is -1.77.